The van der Waals surface area contributed by atoms with E-state index in [2.05, 4.69) is 0 Å². The fourth-order valence-corrected chi connectivity index (χ4v) is 2.29. The van der Waals surface area contributed by atoms with Gasteiger partial charge in [0.05, 0.1) is 5.56 Å². The first-order chi connectivity index (χ1) is 10.0. The minimum absolute atomic E-state index is 0.545. The lowest BCUT2D eigenvalue weighted by molar-refractivity contribution is -0.687. The average Bonchev–Trinajstić information content (AvgIpc) is 2.47. The van der Waals surface area contributed by atoms with Crippen LogP contribution in [0, 0.1) is 0 Å². The molecule has 1 nitrogen and oxygen atoms in total. The molecule has 0 saturated heterocycles. The Morgan fingerprint density at radius 1 is 0.810 bits per heavy atom. The zero-order valence-corrected chi connectivity index (χ0v) is 11.1. The summed E-state index contributed by atoms with van der Waals surface area (Å²) in [5, 5.41) is 2.24. The molecule has 0 bridgehead atoms. The van der Waals surface area contributed by atoms with Gasteiger partial charge in [0.15, 0.2) is 18.9 Å². The third-order valence-electron chi connectivity index (χ3n) is 3.39. The maximum Gasteiger partial charge on any atom is 0.416 e. The Hall–Kier alpha value is -2.36. The molecule has 106 valence electrons. The summed E-state index contributed by atoms with van der Waals surface area (Å²) in [5.74, 6) is 0. The number of benzene rings is 2. The number of alkyl halides is 3. The topological polar surface area (TPSA) is 3.88 Å². The third-order valence-corrected chi connectivity index (χ3v) is 3.39. The zero-order valence-electron chi connectivity index (χ0n) is 11.1. The van der Waals surface area contributed by atoms with Crippen LogP contribution in [0.3, 0.4) is 0 Å². The summed E-state index contributed by atoms with van der Waals surface area (Å²) in [6.45, 7) is 0.545. The number of fused-ring (bicyclic) bond motifs is 1. The lowest BCUT2D eigenvalue weighted by atomic mass is 10.1. The molecule has 0 amide bonds. The summed E-state index contributed by atoms with van der Waals surface area (Å²) in [4.78, 5) is 0. The standard InChI is InChI=1S/C17H13F3N/c18-17(19,20)16-7-5-13(6-8-16)11-21-10-9-14-3-1-2-4-15(14)12-21/h1-10,12H,11H2/q+1. The highest BCUT2D eigenvalue weighted by Gasteiger charge is 2.30. The number of hydrogen-bond donors (Lipinski definition) is 0. The van der Waals surface area contributed by atoms with Crippen molar-refractivity contribution in [2.75, 3.05) is 0 Å². The number of rotatable bonds is 2. The van der Waals surface area contributed by atoms with E-state index in [9.17, 15) is 13.2 Å². The van der Waals surface area contributed by atoms with Crippen LogP contribution in [0.15, 0.2) is 67.0 Å². The van der Waals surface area contributed by atoms with Gasteiger partial charge in [-0.3, -0.25) is 0 Å². The molecule has 21 heavy (non-hydrogen) atoms. The van der Waals surface area contributed by atoms with Crippen LogP contribution in [-0.4, -0.2) is 0 Å². The van der Waals surface area contributed by atoms with Crippen LogP contribution >= 0.6 is 0 Å². The summed E-state index contributed by atoms with van der Waals surface area (Å²) >= 11 is 0. The first kappa shape index (κ1) is 13.6. The summed E-state index contributed by atoms with van der Waals surface area (Å²) in [6.07, 6.45) is -0.359. The van der Waals surface area contributed by atoms with Crippen LogP contribution in [0.1, 0.15) is 11.1 Å². The minimum Gasteiger partial charge on any atom is -0.200 e. The van der Waals surface area contributed by atoms with E-state index in [4.69, 9.17) is 0 Å². The fraction of sp³-hybridized carbons (Fsp3) is 0.118. The Kier molecular flexibility index (Phi) is 3.37. The van der Waals surface area contributed by atoms with Crippen LogP contribution in [-0.2, 0) is 12.7 Å². The Balaban J connectivity index is 1.84. The predicted molar refractivity (Wildman–Crippen MR) is 74.7 cm³/mol. The number of halogens is 3. The van der Waals surface area contributed by atoms with Crippen molar-refractivity contribution < 1.29 is 17.7 Å². The van der Waals surface area contributed by atoms with E-state index in [1.165, 1.54) is 12.1 Å². The normalized spacial score (nSPS) is 11.8. The molecular formula is C17H13F3N+. The van der Waals surface area contributed by atoms with Crippen LogP contribution in [0.25, 0.3) is 10.8 Å². The van der Waals surface area contributed by atoms with Crippen molar-refractivity contribution in [3.8, 4) is 0 Å². The van der Waals surface area contributed by atoms with Crippen molar-refractivity contribution in [3.05, 3.63) is 78.1 Å². The van der Waals surface area contributed by atoms with Crippen LogP contribution in [0.5, 0.6) is 0 Å². The Morgan fingerprint density at radius 3 is 2.14 bits per heavy atom. The Bertz CT molecular complexity index is 761. The highest BCUT2D eigenvalue weighted by molar-refractivity contribution is 5.80. The van der Waals surface area contributed by atoms with Gasteiger partial charge in [-0.2, -0.15) is 13.2 Å². The van der Waals surface area contributed by atoms with E-state index in [0.717, 1.165) is 28.5 Å². The van der Waals surface area contributed by atoms with Gasteiger partial charge in [0, 0.05) is 17.0 Å². The van der Waals surface area contributed by atoms with Gasteiger partial charge in [-0.05, 0) is 23.6 Å². The quantitative estimate of drug-likeness (QED) is 0.622. The molecule has 0 aliphatic carbocycles. The van der Waals surface area contributed by atoms with Gasteiger partial charge in [-0.15, -0.1) is 0 Å². The fourth-order valence-electron chi connectivity index (χ4n) is 2.29. The summed E-state index contributed by atoms with van der Waals surface area (Å²) in [7, 11) is 0. The van der Waals surface area contributed by atoms with E-state index in [1.54, 1.807) is 0 Å². The van der Waals surface area contributed by atoms with Crippen molar-refractivity contribution in [2.24, 2.45) is 0 Å². The van der Waals surface area contributed by atoms with E-state index in [0.29, 0.717) is 6.54 Å². The van der Waals surface area contributed by atoms with Gasteiger partial charge in [-0.1, -0.05) is 30.3 Å². The molecule has 0 aliphatic heterocycles. The smallest absolute Gasteiger partial charge is 0.200 e. The number of hydrogen-bond acceptors (Lipinski definition) is 0. The molecule has 0 atom stereocenters. The molecule has 3 aromatic rings. The largest absolute Gasteiger partial charge is 0.416 e. The second kappa shape index (κ2) is 5.20. The van der Waals surface area contributed by atoms with Gasteiger partial charge < -0.3 is 0 Å². The Labute approximate surface area is 120 Å². The second-order valence-electron chi connectivity index (χ2n) is 4.94. The SMILES string of the molecule is FC(F)(F)c1ccc(C[n+]2ccc3ccccc3c2)cc1. The molecule has 0 spiro atoms. The molecule has 1 heterocycles. The lowest BCUT2D eigenvalue weighted by Gasteiger charge is -2.06. The summed E-state index contributed by atoms with van der Waals surface area (Å²) in [5.41, 5.74) is 0.220. The maximum absolute atomic E-state index is 12.5. The molecule has 0 N–H and O–H groups in total. The molecular weight excluding hydrogens is 275 g/mol. The Morgan fingerprint density at radius 2 is 1.48 bits per heavy atom. The number of nitrogens with zero attached hydrogens (tertiary/aromatic N) is 1. The van der Waals surface area contributed by atoms with Gasteiger partial charge in [0.1, 0.15) is 0 Å². The summed E-state index contributed by atoms with van der Waals surface area (Å²) in [6, 6.07) is 15.3. The minimum atomic E-state index is -4.28. The molecule has 0 radical (unpaired) electrons. The zero-order chi connectivity index (χ0) is 14.9. The first-order valence-corrected chi connectivity index (χ1v) is 6.56. The molecule has 1 aromatic heterocycles. The molecule has 2 aromatic carbocycles. The molecule has 3 rings (SSSR count). The van der Waals surface area contributed by atoms with Crippen molar-refractivity contribution in [3.63, 3.8) is 0 Å². The maximum atomic E-state index is 12.5. The van der Waals surface area contributed by atoms with Crippen molar-refractivity contribution in [1.82, 2.24) is 0 Å². The van der Waals surface area contributed by atoms with Gasteiger partial charge in [0.25, 0.3) is 0 Å². The summed E-state index contributed by atoms with van der Waals surface area (Å²) < 4.78 is 39.5. The highest BCUT2D eigenvalue weighted by Crippen LogP contribution is 2.29. The van der Waals surface area contributed by atoms with E-state index >= 15 is 0 Å². The van der Waals surface area contributed by atoms with Gasteiger partial charge in [-0.25, -0.2) is 4.57 Å². The molecule has 0 saturated carbocycles. The second-order valence-corrected chi connectivity index (χ2v) is 4.94. The molecule has 0 fully saturated rings. The highest BCUT2D eigenvalue weighted by atomic mass is 19.4. The number of pyridine rings is 1. The molecule has 0 unspecified atom stereocenters. The van der Waals surface area contributed by atoms with E-state index in [1.807, 2.05) is 47.3 Å². The number of aromatic nitrogens is 1. The predicted octanol–water partition coefficient (Wildman–Crippen LogP) is 4.19. The van der Waals surface area contributed by atoms with Gasteiger partial charge >= 0.3 is 6.18 Å². The average molecular weight is 288 g/mol. The van der Waals surface area contributed by atoms with Crippen molar-refractivity contribution >= 4 is 10.8 Å². The van der Waals surface area contributed by atoms with Crippen molar-refractivity contribution in [2.45, 2.75) is 12.7 Å². The third kappa shape index (κ3) is 3.05. The van der Waals surface area contributed by atoms with Crippen LogP contribution in [0.4, 0.5) is 13.2 Å². The van der Waals surface area contributed by atoms with E-state index in [-0.39, 0.29) is 0 Å². The van der Waals surface area contributed by atoms with Crippen LogP contribution < -0.4 is 4.57 Å². The molecule has 4 heteroatoms. The van der Waals surface area contributed by atoms with Crippen molar-refractivity contribution in [1.29, 1.82) is 0 Å². The lowest BCUT2D eigenvalue weighted by Crippen LogP contribution is -2.33. The monoisotopic (exact) mass is 288 g/mol. The van der Waals surface area contributed by atoms with Crippen LogP contribution in [0.2, 0.25) is 0 Å². The molecule has 0 aliphatic rings. The van der Waals surface area contributed by atoms with E-state index < -0.39 is 11.7 Å². The first-order valence-electron chi connectivity index (χ1n) is 6.56. The van der Waals surface area contributed by atoms with Gasteiger partial charge in [0.2, 0.25) is 0 Å².